The molecule has 0 heterocycles. The van der Waals surface area contributed by atoms with Crippen molar-refractivity contribution in [3.63, 3.8) is 0 Å². The maximum absolute atomic E-state index is 14.2. The number of benzene rings is 3. The zero-order valence-electron chi connectivity index (χ0n) is 22.5. The Morgan fingerprint density at radius 3 is 2.53 bits per heavy atom. The molecular formula is C31H35ClFNO3S. The number of carbonyl (C=O) groups excluding carboxylic acids is 1. The first-order valence-corrected chi connectivity index (χ1v) is 14.2. The van der Waals surface area contributed by atoms with Crippen molar-refractivity contribution in [1.29, 1.82) is 0 Å². The first-order chi connectivity index (χ1) is 18.2. The summed E-state index contributed by atoms with van der Waals surface area (Å²) in [6.07, 6.45) is 1.11. The van der Waals surface area contributed by atoms with Crippen LogP contribution in [0.5, 0.6) is 5.75 Å². The first kappa shape index (κ1) is 28.5. The molecule has 1 N–H and O–H groups in total. The molecule has 0 aromatic heterocycles. The second-order valence-electron chi connectivity index (χ2n) is 10.3. The molecule has 3 aromatic rings. The Bertz CT molecular complexity index is 1260. The standard InChI is InChI=1S/C31H35ClFNO3S/c1-18(2)26-13-23(17-37-16-21-6-9-25(36-5)10-7-21)30(26)38-29-14-22(8-11-27(29)32)31(35)34-24-12-19(3)20(4)28(33)15-24/h6-12,14-15,18,23,26,30H,13,16-17H2,1-5H3,(H,34,35). The van der Waals surface area contributed by atoms with E-state index < -0.39 is 0 Å². The lowest BCUT2D eigenvalue weighted by atomic mass is 9.69. The van der Waals surface area contributed by atoms with Crippen LogP contribution >= 0.6 is 23.4 Å². The van der Waals surface area contributed by atoms with E-state index in [-0.39, 0.29) is 11.7 Å². The van der Waals surface area contributed by atoms with Crippen molar-refractivity contribution in [2.24, 2.45) is 17.8 Å². The molecule has 1 aliphatic rings. The van der Waals surface area contributed by atoms with E-state index in [2.05, 4.69) is 19.2 Å². The number of anilines is 1. The summed E-state index contributed by atoms with van der Waals surface area (Å²) in [4.78, 5) is 13.9. The largest absolute Gasteiger partial charge is 0.497 e. The second-order valence-corrected chi connectivity index (χ2v) is 12.0. The van der Waals surface area contributed by atoms with Gasteiger partial charge in [-0.3, -0.25) is 4.79 Å². The summed E-state index contributed by atoms with van der Waals surface area (Å²) in [5.74, 6) is 1.68. The van der Waals surface area contributed by atoms with Gasteiger partial charge in [0, 0.05) is 21.4 Å². The maximum Gasteiger partial charge on any atom is 0.255 e. The van der Waals surface area contributed by atoms with Crippen molar-refractivity contribution in [2.75, 3.05) is 19.0 Å². The van der Waals surface area contributed by atoms with Gasteiger partial charge in [-0.2, -0.15) is 0 Å². The van der Waals surface area contributed by atoms with Gasteiger partial charge in [-0.25, -0.2) is 4.39 Å². The Kier molecular flexibility index (Phi) is 9.40. The van der Waals surface area contributed by atoms with Crippen LogP contribution in [0.25, 0.3) is 0 Å². The van der Waals surface area contributed by atoms with Gasteiger partial charge in [0.2, 0.25) is 0 Å². The minimum absolute atomic E-state index is 0.292. The monoisotopic (exact) mass is 555 g/mol. The quantitative estimate of drug-likeness (QED) is 0.273. The van der Waals surface area contributed by atoms with Crippen LogP contribution in [0.1, 0.15) is 47.3 Å². The summed E-state index contributed by atoms with van der Waals surface area (Å²) in [6, 6.07) is 16.4. The van der Waals surface area contributed by atoms with E-state index in [1.165, 1.54) is 6.07 Å². The molecule has 1 fully saturated rings. The number of halogens is 2. The summed E-state index contributed by atoms with van der Waals surface area (Å²) in [7, 11) is 1.66. The highest BCUT2D eigenvalue weighted by atomic mass is 35.5. The number of methoxy groups -OCH3 is 1. The number of nitrogens with one attached hydrogen (secondary N) is 1. The van der Waals surface area contributed by atoms with Gasteiger partial charge in [-0.1, -0.05) is 37.6 Å². The van der Waals surface area contributed by atoms with Crippen LogP contribution in [-0.4, -0.2) is 24.9 Å². The summed E-state index contributed by atoms with van der Waals surface area (Å²) in [5.41, 5.74) is 3.41. The lowest BCUT2D eigenvalue weighted by molar-refractivity contribution is 0.0281. The number of aryl methyl sites for hydroxylation is 1. The Morgan fingerprint density at radius 1 is 1.13 bits per heavy atom. The van der Waals surface area contributed by atoms with Crippen LogP contribution in [0.3, 0.4) is 0 Å². The van der Waals surface area contributed by atoms with Crippen molar-refractivity contribution >= 4 is 35.0 Å². The molecule has 4 nitrogen and oxygen atoms in total. The number of thioether (sulfide) groups is 1. The highest BCUT2D eigenvalue weighted by Crippen LogP contribution is 2.50. The molecule has 0 spiro atoms. The summed E-state index contributed by atoms with van der Waals surface area (Å²) in [6.45, 7) is 9.28. The third kappa shape index (κ3) is 6.71. The molecule has 1 amide bonds. The third-order valence-corrected chi connectivity index (χ3v) is 9.44. The average molecular weight is 556 g/mol. The summed E-state index contributed by atoms with van der Waals surface area (Å²) < 4.78 is 25.5. The summed E-state index contributed by atoms with van der Waals surface area (Å²) >= 11 is 8.31. The molecule has 7 heteroatoms. The number of hydrogen-bond donors (Lipinski definition) is 1. The van der Waals surface area contributed by atoms with Gasteiger partial charge < -0.3 is 14.8 Å². The van der Waals surface area contributed by atoms with Crippen LogP contribution in [0.2, 0.25) is 5.02 Å². The molecule has 1 aliphatic carbocycles. The lowest BCUT2D eigenvalue weighted by Gasteiger charge is -2.46. The molecule has 3 atom stereocenters. The van der Waals surface area contributed by atoms with Crippen LogP contribution in [0, 0.1) is 37.4 Å². The normalized spacial score (nSPS) is 18.8. The molecule has 38 heavy (non-hydrogen) atoms. The molecule has 3 unspecified atom stereocenters. The van der Waals surface area contributed by atoms with Gasteiger partial charge in [0.05, 0.1) is 25.3 Å². The van der Waals surface area contributed by atoms with Gasteiger partial charge >= 0.3 is 0 Å². The number of ether oxygens (including phenoxy) is 2. The van der Waals surface area contributed by atoms with E-state index in [0.717, 1.165) is 28.2 Å². The fourth-order valence-corrected chi connectivity index (χ4v) is 6.70. The number of amides is 1. The average Bonchev–Trinajstić information content (AvgIpc) is 2.88. The molecular weight excluding hydrogens is 521 g/mol. The van der Waals surface area contributed by atoms with Crippen molar-refractivity contribution < 1.29 is 18.7 Å². The predicted molar refractivity (Wildman–Crippen MR) is 154 cm³/mol. The van der Waals surface area contributed by atoms with Gasteiger partial charge in [0.25, 0.3) is 5.91 Å². The van der Waals surface area contributed by atoms with E-state index in [4.69, 9.17) is 21.1 Å². The second kappa shape index (κ2) is 12.5. The molecule has 4 rings (SSSR count). The van der Waals surface area contributed by atoms with Crippen LogP contribution in [0.4, 0.5) is 10.1 Å². The molecule has 0 radical (unpaired) electrons. The highest BCUT2D eigenvalue weighted by Gasteiger charge is 2.43. The minimum Gasteiger partial charge on any atom is -0.497 e. The molecule has 0 bridgehead atoms. The SMILES string of the molecule is COc1ccc(COCC2CC(C(C)C)C2Sc2cc(C(=O)Nc3cc(C)c(C)c(F)c3)ccc2Cl)cc1. The van der Waals surface area contributed by atoms with Crippen molar-refractivity contribution in [2.45, 2.75) is 50.9 Å². The van der Waals surface area contributed by atoms with E-state index in [1.807, 2.05) is 37.3 Å². The smallest absolute Gasteiger partial charge is 0.255 e. The topological polar surface area (TPSA) is 47.6 Å². The van der Waals surface area contributed by atoms with Crippen LogP contribution < -0.4 is 10.1 Å². The maximum atomic E-state index is 14.2. The summed E-state index contributed by atoms with van der Waals surface area (Å²) in [5, 5.41) is 3.79. The Morgan fingerprint density at radius 2 is 1.87 bits per heavy atom. The van der Waals surface area contributed by atoms with Gasteiger partial charge in [0.1, 0.15) is 11.6 Å². The van der Waals surface area contributed by atoms with Gasteiger partial charge in [-0.15, -0.1) is 11.8 Å². The fourth-order valence-electron chi connectivity index (χ4n) is 4.79. The predicted octanol–water partition coefficient (Wildman–Crippen LogP) is 8.33. The van der Waals surface area contributed by atoms with Gasteiger partial charge in [0.15, 0.2) is 0 Å². The molecule has 3 aromatic carbocycles. The minimum atomic E-state index is -0.336. The zero-order chi connectivity index (χ0) is 27.4. The van der Waals surface area contributed by atoms with E-state index >= 15 is 0 Å². The number of rotatable bonds is 10. The van der Waals surface area contributed by atoms with Crippen molar-refractivity contribution in [1.82, 2.24) is 0 Å². The number of carbonyl (C=O) groups is 1. The third-order valence-electron chi connectivity index (χ3n) is 7.40. The lowest BCUT2D eigenvalue weighted by Crippen LogP contribution is -2.44. The van der Waals surface area contributed by atoms with E-state index in [9.17, 15) is 9.18 Å². The van der Waals surface area contributed by atoms with Crippen molar-refractivity contribution in [3.05, 3.63) is 87.7 Å². The highest BCUT2D eigenvalue weighted by molar-refractivity contribution is 8.00. The fraction of sp³-hybridized carbons (Fsp3) is 0.387. The van der Waals surface area contributed by atoms with Crippen LogP contribution in [0.15, 0.2) is 59.5 Å². The molecule has 202 valence electrons. The Hall–Kier alpha value is -2.54. The Balaban J connectivity index is 1.42. The number of hydrogen-bond acceptors (Lipinski definition) is 4. The van der Waals surface area contributed by atoms with E-state index in [1.54, 1.807) is 44.0 Å². The molecule has 0 saturated heterocycles. The van der Waals surface area contributed by atoms with Crippen LogP contribution in [-0.2, 0) is 11.3 Å². The Labute approximate surface area is 234 Å². The van der Waals surface area contributed by atoms with Gasteiger partial charge in [-0.05, 0) is 97.2 Å². The first-order valence-electron chi connectivity index (χ1n) is 12.9. The zero-order valence-corrected chi connectivity index (χ0v) is 24.1. The van der Waals surface area contributed by atoms with Crippen molar-refractivity contribution in [3.8, 4) is 5.75 Å². The molecule has 0 aliphatic heterocycles. The van der Waals surface area contributed by atoms with E-state index in [0.29, 0.717) is 58.1 Å². The molecule has 1 saturated carbocycles.